The van der Waals surface area contributed by atoms with Crippen LogP contribution in [0.1, 0.15) is 44.7 Å². The number of halogens is 2. The number of carbonyl (C=O) groups excluding carboxylic acids is 2. The molecule has 3 aromatic carbocycles. The Kier molecular flexibility index (Phi) is 6.57. The minimum Gasteiger partial charge on any atom is -0.455 e. The van der Waals surface area contributed by atoms with Crippen LogP contribution in [0.4, 0.5) is 14.7 Å². The van der Waals surface area contributed by atoms with Crippen LogP contribution in [0, 0.1) is 25.5 Å². The van der Waals surface area contributed by atoms with E-state index >= 15 is 4.39 Å². The molecule has 5 aromatic rings. The SMILES string of the molecule is CNC(=O)c1c(-c2ccc(F)cc2)oc2ccc(-c3cc(C(=O)N(c4ncccn4)C4CC4)c(C)cc3C)c(F)c12. The lowest BCUT2D eigenvalue weighted by molar-refractivity contribution is 0.0961. The van der Waals surface area contributed by atoms with Crippen molar-refractivity contribution in [3.8, 4) is 22.5 Å². The van der Waals surface area contributed by atoms with Gasteiger partial charge in [0.25, 0.3) is 11.8 Å². The molecular weight excluding hydrogens is 526 g/mol. The van der Waals surface area contributed by atoms with Crippen molar-refractivity contribution >= 4 is 28.7 Å². The summed E-state index contributed by atoms with van der Waals surface area (Å²) in [5.41, 5.74) is 3.26. The molecule has 0 bridgehead atoms. The van der Waals surface area contributed by atoms with E-state index in [1.54, 1.807) is 41.6 Å². The van der Waals surface area contributed by atoms with E-state index in [4.69, 9.17) is 4.42 Å². The molecule has 2 heterocycles. The predicted molar refractivity (Wildman–Crippen MR) is 152 cm³/mol. The van der Waals surface area contributed by atoms with Crippen LogP contribution in [0.25, 0.3) is 33.4 Å². The average molecular weight is 553 g/mol. The predicted octanol–water partition coefficient (Wildman–Crippen LogP) is 6.62. The smallest absolute Gasteiger partial charge is 0.261 e. The van der Waals surface area contributed by atoms with Crippen LogP contribution in [-0.2, 0) is 0 Å². The second-order valence-corrected chi connectivity index (χ2v) is 10.1. The third-order valence-electron chi connectivity index (χ3n) is 7.34. The summed E-state index contributed by atoms with van der Waals surface area (Å²) in [6.45, 7) is 3.69. The lowest BCUT2D eigenvalue weighted by Crippen LogP contribution is -2.35. The van der Waals surface area contributed by atoms with Gasteiger partial charge in [0.15, 0.2) is 0 Å². The van der Waals surface area contributed by atoms with Crippen molar-refractivity contribution in [1.82, 2.24) is 15.3 Å². The summed E-state index contributed by atoms with van der Waals surface area (Å²) < 4.78 is 36.0. The molecule has 1 N–H and O–H groups in total. The van der Waals surface area contributed by atoms with Gasteiger partial charge in [-0.15, -0.1) is 0 Å². The number of benzene rings is 3. The number of nitrogens with zero attached hydrogens (tertiary/aromatic N) is 3. The van der Waals surface area contributed by atoms with Crippen molar-refractivity contribution in [1.29, 1.82) is 0 Å². The van der Waals surface area contributed by atoms with Gasteiger partial charge in [-0.3, -0.25) is 14.5 Å². The fourth-order valence-electron chi connectivity index (χ4n) is 5.18. The van der Waals surface area contributed by atoms with Crippen molar-refractivity contribution in [2.45, 2.75) is 32.7 Å². The summed E-state index contributed by atoms with van der Waals surface area (Å²) in [7, 11) is 1.45. The molecule has 9 heteroatoms. The number of aryl methyl sites for hydroxylation is 2. The Morgan fingerprint density at radius 1 is 0.951 bits per heavy atom. The van der Waals surface area contributed by atoms with Gasteiger partial charge < -0.3 is 9.73 Å². The Morgan fingerprint density at radius 2 is 1.66 bits per heavy atom. The minimum absolute atomic E-state index is 0.00585. The van der Waals surface area contributed by atoms with E-state index in [2.05, 4.69) is 15.3 Å². The second kappa shape index (κ2) is 10.2. The van der Waals surface area contributed by atoms with Gasteiger partial charge >= 0.3 is 0 Å². The molecular formula is C32H26F2N4O3. The Labute approximate surface area is 234 Å². The monoisotopic (exact) mass is 552 g/mol. The molecule has 0 aliphatic heterocycles. The molecule has 1 saturated carbocycles. The van der Waals surface area contributed by atoms with Crippen LogP contribution in [0.15, 0.2) is 71.4 Å². The van der Waals surface area contributed by atoms with E-state index in [-0.39, 0.29) is 39.8 Å². The first-order valence-corrected chi connectivity index (χ1v) is 13.2. The summed E-state index contributed by atoms with van der Waals surface area (Å²) in [5.74, 6) is -1.44. The molecule has 0 atom stereocenters. The lowest BCUT2D eigenvalue weighted by Gasteiger charge is -2.22. The maximum absolute atomic E-state index is 16.5. The van der Waals surface area contributed by atoms with Gasteiger partial charge in [-0.05, 0) is 91.9 Å². The standard InChI is InChI=1S/C32H26F2N4O3/c1-17-15-18(2)24(31(40)38(21-9-10-21)32-36-13-4-14-37-32)16-23(17)22-11-12-25-26(28(22)34)27(30(39)35-3)29(41-25)19-5-7-20(33)8-6-19/h4-8,11-16,21H,9-10H2,1-3H3,(H,35,39). The highest BCUT2D eigenvalue weighted by molar-refractivity contribution is 6.12. The Bertz CT molecular complexity index is 1810. The van der Waals surface area contributed by atoms with Crippen LogP contribution in [-0.4, -0.2) is 34.9 Å². The molecule has 2 amide bonds. The molecule has 0 spiro atoms. The van der Waals surface area contributed by atoms with E-state index in [0.29, 0.717) is 22.6 Å². The molecule has 1 aliphatic carbocycles. The van der Waals surface area contributed by atoms with Crippen LogP contribution < -0.4 is 10.2 Å². The molecule has 6 rings (SSSR count). The van der Waals surface area contributed by atoms with Gasteiger partial charge in [-0.2, -0.15) is 0 Å². The van der Waals surface area contributed by atoms with Crippen molar-refractivity contribution < 1.29 is 22.8 Å². The summed E-state index contributed by atoms with van der Waals surface area (Å²) >= 11 is 0. The van der Waals surface area contributed by atoms with Gasteiger partial charge in [-0.1, -0.05) is 6.07 Å². The molecule has 7 nitrogen and oxygen atoms in total. The molecule has 1 aliphatic rings. The highest BCUT2D eigenvalue weighted by Crippen LogP contribution is 2.40. The minimum atomic E-state index is -0.658. The molecule has 0 radical (unpaired) electrons. The van der Waals surface area contributed by atoms with Crippen molar-refractivity contribution in [2.75, 3.05) is 11.9 Å². The van der Waals surface area contributed by atoms with Gasteiger partial charge in [0.05, 0.1) is 10.9 Å². The third-order valence-corrected chi connectivity index (χ3v) is 7.34. The first-order chi connectivity index (χ1) is 19.8. The lowest BCUT2D eigenvalue weighted by atomic mass is 9.92. The van der Waals surface area contributed by atoms with E-state index in [0.717, 1.165) is 24.0 Å². The van der Waals surface area contributed by atoms with Crippen LogP contribution in [0.3, 0.4) is 0 Å². The summed E-state index contributed by atoms with van der Waals surface area (Å²) in [6, 6.07) is 13.9. The summed E-state index contributed by atoms with van der Waals surface area (Å²) in [4.78, 5) is 37.1. The second-order valence-electron chi connectivity index (χ2n) is 10.1. The van der Waals surface area contributed by atoms with Crippen LogP contribution >= 0.6 is 0 Å². The van der Waals surface area contributed by atoms with Crippen LogP contribution in [0.5, 0.6) is 0 Å². The quantitative estimate of drug-likeness (QED) is 0.256. The zero-order valence-corrected chi connectivity index (χ0v) is 22.7. The van der Waals surface area contributed by atoms with E-state index in [1.165, 1.54) is 31.3 Å². The highest BCUT2D eigenvalue weighted by Gasteiger charge is 2.36. The van der Waals surface area contributed by atoms with E-state index in [1.807, 2.05) is 19.9 Å². The van der Waals surface area contributed by atoms with Crippen LogP contribution in [0.2, 0.25) is 0 Å². The number of carbonyl (C=O) groups is 2. The normalized spacial score (nSPS) is 12.9. The van der Waals surface area contributed by atoms with E-state index in [9.17, 15) is 14.0 Å². The number of fused-ring (bicyclic) bond motifs is 1. The topological polar surface area (TPSA) is 88.3 Å². The van der Waals surface area contributed by atoms with Gasteiger partial charge in [0.2, 0.25) is 5.95 Å². The van der Waals surface area contributed by atoms with Gasteiger partial charge in [-0.25, -0.2) is 18.7 Å². The number of anilines is 1. The highest BCUT2D eigenvalue weighted by atomic mass is 19.1. The largest absolute Gasteiger partial charge is 0.455 e. The third kappa shape index (κ3) is 4.63. The number of furan rings is 1. The van der Waals surface area contributed by atoms with Crippen molar-refractivity contribution in [3.05, 3.63) is 101 Å². The first kappa shape index (κ1) is 26.3. The zero-order chi connectivity index (χ0) is 28.8. The average Bonchev–Trinajstić information content (AvgIpc) is 3.72. The number of aromatic nitrogens is 2. The molecule has 2 aromatic heterocycles. The number of hydrogen-bond donors (Lipinski definition) is 1. The molecule has 41 heavy (non-hydrogen) atoms. The summed E-state index contributed by atoms with van der Waals surface area (Å²) in [6.07, 6.45) is 4.90. The Hall–Kier alpha value is -4.92. The number of hydrogen-bond acceptors (Lipinski definition) is 5. The zero-order valence-electron chi connectivity index (χ0n) is 22.7. The van der Waals surface area contributed by atoms with Crippen molar-refractivity contribution in [2.24, 2.45) is 0 Å². The number of rotatable bonds is 6. The molecule has 0 saturated heterocycles. The Balaban J connectivity index is 1.51. The van der Waals surface area contributed by atoms with Gasteiger partial charge in [0.1, 0.15) is 23.0 Å². The molecule has 206 valence electrons. The first-order valence-electron chi connectivity index (χ1n) is 13.2. The number of nitrogens with one attached hydrogen (secondary N) is 1. The summed E-state index contributed by atoms with van der Waals surface area (Å²) in [5, 5.41) is 2.56. The fraction of sp³-hybridized carbons (Fsp3) is 0.188. The Morgan fingerprint density at radius 3 is 2.32 bits per heavy atom. The molecule has 0 unspecified atom stereocenters. The van der Waals surface area contributed by atoms with E-state index < -0.39 is 17.5 Å². The van der Waals surface area contributed by atoms with Gasteiger partial charge in [0, 0.05) is 42.2 Å². The maximum Gasteiger partial charge on any atom is 0.261 e. The molecule has 1 fully saturated rings. The fourth-order valence-corrected chi connectivity index (χ4v) is 5.18. The number of amides is 2. The maximum atomic E-state index is 16.5. The van der Waals surface area contributed by atoms with Crippen molar-refractivity contribution in [3.63, 3.8) is 0 Å².